The van der Waals surface area contributed by atoms with Crippen LogP contribution in [-0.4, -0.2) is 23.4 Å². The van der Waals surface area contributed by atoms with E-state index in [9.17, 15) is 21.2 Å². The van der Waals surface area contributed by atoms with E-state index in [-0.39, 0.29) is 20.5 Å². The zero-order valence-electron chi connectivity index (χ0n) is 14.4. The van der Waals surface area contributed by atoms with Crippen LogP contribution in [0.4, 0.5) is 15.8 Å². The van der Waals surface area contributed by atoms with Gasteiger partial charge in [-0.15, -0.1) is 0 Å². The Bertz CT molecular complexity index is 1040. The first-order valence-electron chi connectivity index (χ1n) is 7.93. The second-order valence-corrected chi connectivity index (χ2v) is 9.37. The molecule has 0 atom stereocenters. The minimum absolute atomic E-state index is 0.00178. The monoisotopic (exact) mass is 435 g/mol. The minimum atomic E-state index is -4.14. The molecule has 11 heteroatoms. The summed E-state index contributed by atoms with van der Waals surface area (Å²) in [6.45, 7) is 2.55. The van der Waals surface area contributed by atoms with Gasteiger partial charge in [0.05, 0.1) is 26.2 Å². The number of sulfonamides is 2. The van der Waals surface area contributed by atoms with E-state index in [1.165, 1.54) is 12.1 Å². The molecule has 0 aliphatic rings. The summed E-state index contributed by atoms with van der Waals surface area (Å²) in [4.78, 5) is -0.521. The third-order valence-electron chi connectivity index (χ3n) is 3.61. The molecule has 0 bridgehead atoms. The van der Waals surface area contributed by atoms with Gasteiger partial charge in [0.2, 0.25) is 10.0 Å². The number of anilines is 2. The third kappa shape index (κ3) is 5.55. The van der Waals surface area contributed by atoms with Crippen molar-refractivity contribution in [2.75, 3.05) is 16.6 Å². The van der Waals surface area contributed by atoms with Crippen molar-refractivity contribution in [3.63, 3.8) is 0 Å². The second kappa shape index (κ2) is 8.42. The summed E-state index contributed by atoms with van der Waals surface area (Å²) in [7, 11) is -8.18. The molecule has 0 aliphatic carbocycles. The van der Waals surface area contributed by atoms with Gasteiger partial charge < -0.3 is 5.32 Å². The lowest BCUT2D eigenvalue weighted by Gasteiger charge is -2.15. The van der Waals surface area contributed by atoms with E-state index >= 15 is 0 Å². The molecule has 0 saturated heterocycles. The van der Waals surface area contributed by atoms with Crippen molar-refractivity contribution in [3.8, 4) is 0 Å². The molecule has 0 heterocycles. The molecular weight excluding hydrogens is 417 g/mol. The summed E-state index contributed by atoms with van der Waals surface area (Å²) in [5.74, 6) is -0.756. The van der Waals surface area contributed by atoms with Gasteiger partial charge in [-0.25, -0.2) is 26.4 Å². The van der Waals surface area contributed by atoms with Gasteiger partial charge in [0, 0.05) is 6.54 Å². The van der Waals surface area contributed by atoms with Crippen molar-refractivity contribution in [1.29, 1.82) is 0 Å². The maximum atomic E-state index is 13.3. The Labute approximate surface area is 162 Å². The molecule has 4 N–H and O–H groups in total. The highest BCUT2D eigenvalue weighted by molar-refractivity contribution is 7.92. The van der Waals surface area contributed by atoms with Crippen LogP contribution < -0.4 is 15.2 Å². The highest BCUT2D eigenvalue weighted by Gasteiger charge is 2.19. The summed E-state index contributed by atoms with van der Waals surface area (Å²) < 4.78 is 64.0. The van der Waals surface area contributed by atoms with Gasteiger partial charge >= 0.3 is 0 Å². The lowest BCUT2D eigenvalue weighted by Crippen LogP contribution is -2.17. The summed E-state index contributed by atoms with van der Waals surface area (Å²) in [5.41, 5.74) is 0.380. The Morgan fingerprint density at radius 2 is 1.70 bits per heavy atom. The number of nitrogens with one attached hydrogen (secondary N) is 2. The number of hydrogen-bond donors (Lipinski definition) is 3. The van der Waals surface area contributed by atoms with Gasteiger partial charge in [0.1, 0.15) is 5.82 Å². The van der Waals surface area contributed by atoms with Gasteiger partial charge in [-0.2, -0.15) is 0 Å². The molecule has 0 spiro atoms. The van der Waals surface area contributed by atoms with Crippen LogP contribution in [0.2, 0.25) is 5.02 Å². The molecule has 0 aliphatic heterocycles. The first kappa shape index (κ1) is 21.4. The van der Waals surface area contributed by atoms with E-state index in [1.54, 1.807) is 0 Å². The largest absolute Gasteiger partial charge is 0.383 e. The fourth-order valence-electron chi connectivity index (χ4n) is 2.19. The average Bonchev–Trinajstić information content (AvgIpc) is 2.57. The molecule has 148 valence electrons. The number of nitrogens with two attached hydrogens (primary N) is 1. The van der Waals surface area contributed by atoms with Crippen LogP contribution in [0.5, 0.6) is 0 Å². The third-order valence-corrected chi connectivity index (χ3v) is 6.17. The fourth-order valence-corrected chi connectivity index (χ4v) is 4.07. The molecule has 2 aromatic carbocycles. The maximum Gasteiger partial charge on any atom is 0.262 e. The summed E-state index contributed by atoms with van der Waals surface area (Å²) in [5, 5.41) is 7.81. The zero-order chi connectivity index (χ0) is 20.2. The minimum Gasteiger partial charge on any atom is -0.383 e. The van der Waals surface area contributed by atoms with Gasteiger partial charge in [-0.05, 0) is 42.8 Å². The van der Waals surface area contributed by atoms with E-state index in [1.807, 2.05) is 6.92 Å². The SMILES string of the molecule is CCCCNc1ccc(S(N)(=O)=O)cc1NS(=O)(=O)c1ccc(F)c(Cl)c1. The highest BCUT2D eigenvalue weighted by atomic mass is 35.5. The Balaban J connectivity index is 2.45. The standard InChI is InChI=1S/C16H19ClFN3O4S2/c1-2-3-8-20-15-7-5-11(26(19,22)23)10-16(15)21-27(24,25)12-4-6-14(18)13(17)9-12/h4-7,9-10,20-21H,2-3,8H2,1H3,(H2,19,22,23). The van der Waals surface area contributed by atoms with E-state index in [4.69, 9.17) is 16.7 Å². The van der Waals surface area contributed by atoms with Crippen LogP contribution in [0.3, 0.4) is 0 Å². The van der Waals surface area contributed by atoms with E-state index < -0.39 is 25.9 Å². The smallest absolute Gasteiger partial charge is 0.262 e. The van der Waals surface area contributed by atoms with E-state index in [2.05, 4.69) is 10.0 Å². The molecule has 0 fully saturated rings. The quantitative estimate of drug-likeness (QED) is 0.550. The molecule has 0 aromatic heterocycles. The van der Waals surface area contributed by atoms with E-state index in [0.717, 1.165) is 37.1 Å². The van der Waals surface area contributed by atoms with Gasteiger partial charge in [0.25, 0.3) is 10.0 Å². The van der Waals surface area contributed by atoms with Crippen molar-refractivity contribution in [2.45, 2.75) is 29.6 Å². The summed E-state index contributed by atoms with van der Waals surface area (Å²) >= 11 is 5.65. The summed E-state index contributed by atoms with van der Waals surface area (Å²) in [6, 6.07) is 6.76. The first-order chi connectivity index (χ1) is 12.5. The number of unbranched alkanes of at least 4 members (excludes halogenated alkanes) is 1. The van der Waals surface area contributed by atoms with Gasteiger partial charge in [-0.3, -0.25) is 4.72 Å². The molecule has 0 amide bonds. The predicted octanol–water partition coefficient (Wildman–Crippen LogP) is 3.14. The molecular formula is C16H19ClFN3O4S2. The number of primary sulfonamides is 1. The Hall–Kier alpha value is -1.88. The zero-order valence-corrected chi connectivity index (χ0v) is 16.8. The molecule has 0 unspecified atom stereocenters. The highest BCUT2D eigenvalue weighted by Crippen LogP contribution is 2.29. The Morgan fingerprint density at radius 1 is 1.04 bits per heavy atom. The van der Waals surface area contributed by atoms with Crippen molar-refractivity contribution in [1.82, 2.24) is 0 Å². The Morgan fingerprint density at radius 3 is 2.30 bits per heavy atom. The number of halogens is 2. The summed E-state index contributed by atoms with van der Waals surface area (Å²) in [6.07, 6.45) is 1.74. The van der Waals surface area contributed by atoms with Crippen molar-refractivity contribution < 1.29 is 21.2 Å². The first-order valence-corrected chi connectivity index (χ1v) is 11.3. The van der Waals surface area contributed by atoms with Crippen LogP contribution >= 0.6 is 11.6 Å². The topological polar surface area (TPSA) is 118 Å². The van der Waals surface area contributed by atoms with Crippen LogP contribution in [0.1, 0.15) is 19.8 Å². The molecule has 2 aromatic rings. The van der Waals surface area contributed by atoms with Gasteiger partial charge in [-0.1, -0.05) is 24.9 Å². The molecule has 27 heavy (non-hydrogen) atoms. The number of benzene rings is 2. The second-order valence-electron chi connectivity index (χ2n) is 5.71. The lowest BCUT2D eigenvalue weighted by molar-refractivity contribution is 0.596. The predicted molar refractivity (Wildman–Crippen MR) is 103 cm³/mol. The Kier molecular flexibility index (Phi) is 6.68. The van der Waals surface area contributed by atoms with Crippen molar-refractivity contribution >= 4 is 43.0 Å². The normalized spacial score (nSPS) is 12.0. The van der Waals surface area contributed by atoms with Crippen LogP contribution in [0, 0.1) is 5.82 Å². The van der Waals surface area contributed by atoms with Crippen LogP contribution in [0.25, 0.3) is 0 Å². The maximum absolute atomic E-state index is 13.3. The fraction of sp³-hybridized carbons (Fsp3) is 0.250. The molecule has 7 nitrogen and oxygen atoms in total. The van der Waals surface area contributed by atoms with E-state index in [0.29, 0.717) is 12.2 Å². The van der Waals surface area contributed by atoms with Crippen molar-refractivity contribution in [3.05, 3.63) is 47.2 Å². The number of hydrogen-bond acceptors (Lipinski definition) is 5. The molecule has 0 saturated carbocycles. The van der Waals surface area contributed by atoms with Crippen LogP contribution in [0.15, 0.2) is 46.2 Å². The van der Waals surface area contributed by atoms with Gasteiger partial charge in [0.15, 0.2) is 0 Å². The van der Waals surface area contributed by atoms with Crippen molar-refractivity contribution in [2.24, 2.45) is 5.14 Å². The molecule has 2 rings (SSSR count). The average molecular weight is 436 g/mol. The van der Waals surface area contributed by atoms with Crippen LogP contribution in [-0.2, 0) is 20.0 Å². The molecule has 0 radical (unpaired) electrons. The lowest BCUT2D eigenvalue weighted by atomic mass is 10.2. The number of rotatable bonds is 8.